The van der Waals surface area contributed by atoms with Gasteiger partial charge in [0.15, 0.2) is 17.3 Å². The highest BCUT2D eigenvalue weighted by Crippen LogP contribution is 2.31. The van der Waals surface area contributed by atoms with E-state index in [1.165, 1.54) is 0 Å². The molecule has 0 saturated carbocycles. The number of hydrogen-bond acceptors (Lipinski definition) is 6. The summed E-state index contributed by atoms with van der Waals surface area (Å²) in [6.07, 6.45) is 3.43. The van der Waals surface area contributed by atoms with E-state index >= 15 is 0 Å². The van der Waals surface area contributed by atoms with Crippen LogP contribution in [0.5, 0.6) is 17.2 Å². The summed E-state index contributed by atoms with van der Waals surface area (Å²) in [5, 5.41) is 2.81. The molecule has 4 aromatic rings. The highest BCUT2D eigenvalue weighted by atomic mass is 16.5. The Balaban J connectivity index is 1.39. The molecule has 4 rings (SSSR count). The number of anilines is 1. The summed E-state index contributed by atoms with van der Waals surface area (Å²) in [6.45, 7) is 0.552. The monoisotopic (exact) mass is 430 g/mol. The van der Waals surface area contributed by atoms with Gasteiger partial charge < -0.3 is 23.9 Å². The van der Waals surface area contributed by atoms with Gasteiger partial charge in [0, 0.05) is 29.7 Å². The molecular formula is C25H22N2O5. The zero-order chi connectivity index (χ0) is 22.2. The number of nitrogens with one attached hydrogen (secondary N) is 1. The molecule has 0 unspecified atom stereocenters. The van der Waals surface area contributed by atoms with Gasteiger partial charge in [-0.3, -0.25) is 9.78 Å². The summed E-state index contributed by atoms with van der Waals surface area (Å²) >= 11 is 0. The van der Waals surface area contributed by atoms with Crippen molar-refractivity contribution >= 4 is 11.6 Å². The minimum Gasteiger partial charge on any atom is -0.493 e. The van der Waals surface area contributed by atoms with Crippen molar-refractivity contribution in [2.24, 2.45) is 0 Å². The van der Waals surface area contributed by atoms with Crippen molar-refractivity contribution in [2.45, 2.75) is 13.2 Å². The second-order valence-electron chi connectivity index (χ2n) is 6.84. The topological polar surface area (TPSA) is 82.8 Å². The molecule has 2 aromatic carbocycles. The van der Waals surface area contributed by atoms with Gasteiger partial charge in [-0.1, -0.05) is 24.3 Å². The van der Waals surface area contributed by atoms with Gasteiger partial charge in [-0.05, 0) is 42.5 Å². The number of hydrogen-bond donors (Lipinski definition) is 1. The lowest BCUT2D eigenvalue weighted by atomic mass is 10.2. The average molecular weight is 430 g/mol. The maximum absolute atomic E-state index is 12.6. The lowest BCUT2D eigenvalue weighted by Crippen LogP contribution is -2.11. The van der Waals surface area contributed by atoms with Gasteiger partial charge >= 0.3 is 0 Å². The number of methoxy groups -OCH3 is 1. The minimum absolute atomic E-state index is 0.185. The molecule has 0 radical (unpaired) electrons. The zero-order valence-electron chi connectivity index (χ0n) is 17.5. The Morgan fingerprint density at radius 2 is 1.81 bits per heavy atom. The van der Waals surface area contributed by atoms with E-state index in [4.69, 9.17) is 18.6 Å². The fourth-order valence-electron chi connectivity index (χ4n) is 2.95. The highest BCUT2D eigenvalue weighted by Gasteiger charge is 2.14. The summed E-state index contributed by atoms with van der Waals surface area (Å²) in [7, 11) is 1.56. The van der Waals surface area contributed by atoms with E-state index in [1.807, 2.05) is 42.5 Å². The number of para-hydroxylation sites is 1. The zero-order valence-corrected chi connectivity index (χ0v) is 17.5. The Labute approximate surface area is 185 Å². The smallest absolute Gasteiger partial charge is 0.291 e. The third-order valence-electron chi connectivity index (χ3n) is 4.55. The Hall–Kier alpha value is -4.26. The van der Waals surface area contributed by atoms with E-state index in [9.17, 15) is 4.79 Å². The Morgan fingerprint density at radius 3 is 2.59 bits per heavy atom. The quantitative estimate of drug-likeness (QED) is 0.398. The van der Waals surface area contributed by atoms with Gasteiger partial charge in [0.25, 0.3) is 5.91 Å². The van der Waals surface area contributed by atoms with Crippen LogP contribution in [0.25, 0.3) is 0 Å². The molecule has 0 aliphatic rings. The fourth-order valence-corrected chi connectivity index (χ4v) is 2.95. The summed E-state index contributed by atoms with van der Waals surface area (Å²) in [5.74, 6) is 2.15. The summed E-state index contributed by atoms with van der Waals surface area (Å²) in [6, 6.07) is 21.7. The molecular weight excluding hydrogens is 408 g/mol. The summed E-state index contributed by atoms with van der Waals surface area (Å²) in [5.41, 5.74) is 1.47. The molecule has 162 valence electrons. The largest absolute Gasteiger partial charge is 0.493 e. The number of furan rings is 1. The van der Waals surface area contributed by atoms with Crippen LogP contribution in [0.15, 0.2) is 89.6 Å². The number of benzene rings is 2. The van der Waals surface area contributed by atoms with Crippen LogP contribution in [-0.4, -0.2) is 18.0 Å². The molecule has 2 aromatic heterocycles. The van der Waals surface area contributed by atoms with E-state index in [2.05, 4.69) is 10.3 Å². The Kier molecular flexibility index (Phi) is 6.67. The number of ether oxygens (including phenoxy) is 3. The maximum Gasteiger partial charge on any atom is 0.291 e. The van der Waals surface area contributed by atoms with Gasteiger partial charge in [0.2, 0.25) is 0 Å². The molecule has 0 aliphatic heterocycles. The number of rotatable bonds is 9. The summed E-state index contributed by atoms with van der Waals surface area (Å²) < 4.78 is 22.5. The van der Waals surface area contributed by atoms with Crippen molar-refractivity contribution in [1.82, 2.24) is 4.98 Å². The first kappa shape index (κ1) is 21.0. The van der Waals surface area contributed by atoms with Crippen molar-refractivity contribution in [1.29, 1.82) is 0 Å². The van der Waals surface area contributed by atoms with Crippen molar-refractivity contribution in [3.8, 4) is 17.2 Å². The first-order chi connectivity index (χ1) is 15.7. The second kappa shape index (κ2) is 10.2. The highest BCUT2D eigenvalue weighted by molar-refractivity contribution is 6.02. The van der Waals surface area contributed by atoms with Gasteiger partial charge in [-0.2, -0.15) is 0 Å². The minimum atomic E-state index is -0.376. The second-order valence-corrected chi connectivity index (χ2v) is 6.84. The molecule has 0 atom stereocenters. The van der Waals surface area contributed by atoms with Crippen LogP contribution in [0.1, 0.15) is 21.9 Å². The molecule has 1 N–H and O–H groups in total. The van der Waals surface area contributed by atoms with Crippen LogP contribution >= 0.6 is 0 Å². The number of aromatic nitrogens is 1. The van der Waals surface area contributed by atoms with Crippen LogP contribution < -0.4 is 19.5 Å². The van der Waals surface area contributed by atoms with Gasteiger partial charge in [-0.15, -0.1) is 0 Å². The predicted octanol–water partition coefficient (Wildman–Crippen LogP) is 5.09. The van der Waals surface area contributed by atoms with Gasteiger partial charge in [0.1, 0.15) is 24.7 Å². The number of carbonyl (C=O) groups is 1. The first-order valence-electron chi connectivity index (χ1n) is 9.99. The number of nitrogens with zero attached hydrogens (tertiary/aromatic N) is 1. The lowest BCUT2D eigenvalue weighted by molar-refractivity contribution is 0.0992. The van der Waals surface area contributed by atoms with Gasteiger partial charge in [0.05, 0.1) is 7.11 Å². The summed E-state index contributed by atoms with van der Waals surface area (Å²) in [4.78, 5) is 16.7. The molecule has 7 heteroatoms. The molecule has 32 heavy (non-hydrogen) atoms. The van der Waals surface area contributed by atoms with Crippen molar-refractivity contribution in [3.05, 3.63) is 102 Å². The number of pyridine rings is 1. The fraction of sp³-hybridized carbons (Fsp3) is 0.120. The molecule has 0 aliphatic carbocycles. The molecule has 0 saturated heterocycles. The molecule has 1 amide bonds. The van der Waals surface area contributed by atoms with Crippen molar-refractivity contribution < 1.29 is 23.4 Å². The van der Waals surface area contributed by atoms with Crippen LogP contribution in [0, 0.1) is 0 Å². The van der Waals surface area contributed by atoms with Crippen LogP contribution in [0.3, 0.4) is 0 Å². The Bertz CT molecular complexity index is 1160. The molecule has 0 fully saturated rings. The number of amides is 1. The van der Waals surface area contributed by atoms with Crippen LogP contribution in [0.2, 0.25) is 0 Å². The lowest BCUT2D eigenvalue weighted by Gasteiger charge is -2.12. The third kappa shape index (κ3) is 5.46. The predicted molar refractivity (Wildman–Crippen MR) is 119 cm³/mol. The molecule has 0 spiro atoms. The third-order valence-corrected chi connectivity index (χ3v) is 4.55. The van der Waals surface area contributed by atoms with E-state index in [1.54, 1.807) is 49.8 Å². The number of carbonyl (C=O) groups excluding carboxylic acids is 1. The van der Waals surface area contributed by atoms with E-state index < -0.39 is 0 Å². The van der Waals surface area contributed by atoms with E-state index in [0.717, 1.165) is 11.3 Å². The van der Waals surface area contributed by atoms with Crippen molar-refractivity contribution in [2.75, 3.05) is 12.4 Å². The van der Waals surface area contributed by atoms with Crippen LogP contribution in [-0.2, 0) is 13.2 Å². The van der Waals surface area contributed by atoms with Crippen molar-refractivity contribution in [3.63, 3.8) is 0 Å². The first-order valence-corrected chi connectivity index (χ1v) is 9.99. The maximum atomic E-state index is 12.6. The van der Waals surface area contributed by atoms with E-state index in [-0.39, 0.29) is 18.3 Å². The molecule has 7 nitrogen and oxygen atoms in total. The standard InChI is InChI=1S/C25H22N2O5/c1-29-22-11-9-19(14-24(22)31-16-18-6-5-13-26-15-18)27-25(28)23-12-10-21(32-23)17-30-20-7-3-2-4-8-20/h2-15H,16-17H2,1H3,(H,27,28). The van der Waals surface area contributed by atoms with Crippen LogP contribution in [0.4, 0.5) is 5.69 Å². The molecule has 2 heterocycles. The van der Waals surface area contributed by atoms with Gasteiger partial charge in [-0.25, -0.2) is 0 Å². The normalized spacial score (nSPS) is 10.4. The van der Waals surface area contributed by atoms with E-state index in [0.29, 0.717) is 29.6 Å². The Morgan fingerprint density at radius 1 is 0.938 bits per heavy atom. The molecule has 0 bridgehead atoms. The average Bonchev–Trinajstić information content (AvgIpc) is 3.32. The SMILES string of the molecule is COc1ccc(NC(=O)c2ccc(COc3ccccc3)o2)cc1OCc1cccnc1.